The van der Waals surface area contributed by atoms with Crippen molar-refractivity contribution in [2.75, 3.05) is 11.2 Å². The fourth-order valence-electron chi connectivity index (χ4n) is 0.895. The minimum atomic E-state index is -0.523. The lowest BCUT2D eigenvalue weighted by Gasteiger charge is -2.10. The van der Waals surface area contributed by atoms with Gasteiger partial charge in [-0.15, -0.1) is 11.6 Å². The van der Waals surface area contributed by atoms with Crippen molar-refractivity contribution in [2.24, 2.45) is 0 Å². The maximum absolute atomic E-state index is 11.2. The summed E-state index contributed by atoms with van der Waals surface area (Å²) in [7, 11) is 0. The summed E-state index contributed by atoms with van der Waals surface area (Å²) in [6.07, 6.45) is -0.829. The lowest BCUT2D eigenvalue weighted by Crippen LogP contribution is -2.21. The van der Waals surface area contributed by atoms with Crippen molar-refractivity contribution in [2.45, 2.75) is 13.0 Å². The Balaban J connectivity index is 2.48. The number of ether oxygens (including phenoxy) is 1. The molecular formula is C10H11Cl2NO2. The topological polar surface area (TPSA) is 38.3 Å². The minimum absolute atomic E-state index is 0.272. The van der Waals surface area contributed by atoms with Crippen LogP contribution in [0.1, 0.15) is 6.92 Å². The second-order valence-corrected chi connectivity index (χ2v) is 3.75. The van der Waals surface area contributed by atoms with Crippen molar-refractivity contribution in [3.63, 3.8) is 0 Å². The SMILES string of the molecule is C[C@@H](CCl)OC(=O)Nc1ccc(Cl)cc1. The highest BCUT2D eigenvalue weighted by molar-refractivity contribution is 6.30. The second kappa shape index (κ2) is 5.83. The van der Waals surface area contributed by atoms with Crippen LogP contribution in [0.3, 0.4) is 0 Å². The van der Waals surface area contributed by atoms with Gasteiger partial charge < -0.3 is 4.74 Å². The predicted octanol–water partition coefficient (Wildman–Crippen LogP) is 3.52. The monoisotopic (exact) mass is 247 g/mol. The quantitative estimate of drug-likeness (QED) is 0.831. The lowest BCUT2D eigenvalue weighted by atomic mass is 10.3. The Bertz CT molecular complexity index is 327. The van der Waals surface area contributed by atoms with E-state index in [1.54, 1.807) is 31.2 Å². The lowest BCUT2D eigenvalue weighted by molar-refractivity contribution is 0.131. The van der Waals surface area contributed by atoms with Crippen LogP contribution >= 0.6 is 23.2 Å². The van der Waals surface area contributed by atoms with Crippen LogP contribution in [0.4, 0.5) is 10.5 Å². The van der Waals surface area contributed by atoms with Crippen molar-refractivity contribution in [3.05, 3.63) is 29.3 Å². The van der Waals surface area contributed by atoms with Crippen LogP contribution in [0.15, 0.2) is 24.3 Å². The fraction of sp³-hybridized carbons (Fsp3) is 0.300. The summed E-state index contributed by atoms with van der Waals surface area (Å²) in [6, 6.07) is 6.74. The zero-order chi connectivity index (χ0) is 11.3. The molecule has 3 nitrogen and oxygen atoms in total. The summed E-state index contributed by atoms with van der Waals surface area (Å²) in [5, 5.41) is 3.17. The standard InChI is InChI=1S/C10H11Cl2NO2/c1-7(6-11)15-10(14)13-9-4-2-8(12)3-5-9/h2-5,7H,6H2,1H3,(H,13,14)/t7-/m0/s1. The average Bonchev–Trinajstić information content (AvgIpc) is 2.21. The summed E-state index contributed by atoms with van der Waals surface area (Å²) in [5.41, 5.74) is 0.631. The largest absolute Gasteiger partial charge is 0.445 e. The first-order chi connectivity index (χ1) is 7.11. The van der Waals surface area contributed by atoms with Crippen LogP contribution < -0.4 is 5.32 Å². The van der Waals surface area contributed by atoms with Gasteiger partial charge >= 0.3 is 6.09 Å². The molecule has 0 saturated heterocycles. The third-order valence-electron chi connectivity index (χ3n) is 1.62. The van der Waals surface area contributed by atoms with E-state index in [9.17, 15) is 4.79 Å². The van der Waals surface area contributed by atoms with E-state index in [1.165, 1.54) is 0 Å². The Labute approximate surface area is 98.3 Å². The third kappa shape index (κ3) is 4.40. The van der Waals surface area contributed by atoms with E-state index >= 15 is 0 Å². The first-order valence-electron chi connectivity index (χ1n) is 4.41. The van der Waals surface area contributed by atoms with Gasteiger partial charge in [0, 0.05) is 10.7 Å². The molecule has 5 heteroatoms. The number of anilines is 1. The fourth-order valence-corrected chi connectivity index (χ4v) is 1.08. The van der Waals surface area contributed by atoms with Gasteiger partial charge in [-0.1, -0.05) is 11.6 Å². The Morgan fingerprint density at radius 1 is 1.47 bits per heavy atom. The van der Waals surface area contributed by atoms with Gasteiger partial charge in [0.2, 0.25) is 0 Å². The molecule has 1 rings (SSSR count). The zero-order valence-corrected chi connectivity index (χ0v) is 9.68. The van der Waals surface area contributed by atoms with Crippen LogP contribution in [0.5, 0.6) is 0 Å². The normalized spacial score (nSPS) is 11.9. The van der Waals surface area contributed by atoms with Gasteiger partial charge in [-0.25, -0.2) is 4.79 Å². The smallest absolute Gasteiger partial charge is 0.411 e. The molecule has 1 N–H and O–H groups in total. The zero-order valence-electron chi connectivity index (χ0n) is 8.17. The molecule has 0 unspecified atom stereocenters. The molecule has 15 heavy (non-hydrogen) atoms. The molecule has 0 aliphatic rings. The number of hydrogen-bond donors (Lipinski definition) is 1. The Kier molecular flexibility index (Phi) is 4.72. The summed E-state index contributed by atoms with van der Waals surface area (Å²) >= 11 is 11.2. The maximum Gasteiger partial charge on any atom is 0.411 e. The van der Waals surface area contributed by atoms with E-state index in [2.05, 4.69) is 5.32 Å². The van der Waals surface area contributed by atoms with Gasteiger partial charge in [-0.3, -0.25) is 5.32 Å². The molecule has 0 aromatic heterocycles. The van der Waals surface area contributed by atoms with Crippen LogP contribution in [0, 0.1) is 0 Å². The number of hydrogen-bond acceptors (Lipinski definition) is 2. The first kappa shape index (κ1) is 12.1. The molecule has 0 fully saturated rings. The number of benzene rings is 1. The van der Waals surface area contributed by atoms with Crippen LogP contribution in [-0.2, 0) is 4.74 Å². The number of alkyl halides is 1. The number of amides is 1. The van der Waals surface area contributed by atoms with Crippen molar-refractivity contribution < 1.29 is 9.53 Å². The molecule has 1 aromatic carbocycles. The Morgan fingerprint density at radius 3 is 2.60 bits per heavy atom. The number of halogens is 2. The first-order valence-corrected chi connectivity index (χ1v) is 5.32. The summed E-state index contributed by atoms with van der Waals surface area (Å²) in [6.45, 7) is 1.72. The molecule has 0 saturated carbocycles. The van der Waals surface area contributed by atoms with E-state index in [-0.39, 0.29) is 12.0 Å². The number of nitrogens with one attached hydrogen (secondary N) is 1. The summed E-state index contributed by atoms with van der Waals surface area (Å²) in [4.78, 5) is 11.2. The van der Waals surface area contributed by atoms with Gasteiger partial charge in [0.05, 0.1) is 5.88 Å². The van der Waals surface area contributed by atoms with Crippen LogP contribution in [0.2, 0.25) is 5.02 Å². The molecule has 0 heterocycles. The summed E-state index contributed by atoms with van der Waals surface area (Å²) < 4.78 is 4.92. The highest BCUT2D eigenvalue weighted by atomic mass is 35.5. The van der Waals surface area contributed by atoms with Crippen LogP contribution in [-0.4, -0.2) is 18.1 Å². The highest BCUT2D eigenvalue weighted by Gasteiger charge is 2.07. The van der Waals surface area contributed by atoms with E-state index in [0.29, 0.717) is 10.7 Å². The van der Waals surface area contributed by atoms with Crippen molar-refractivity contribution >= 4 is 35.0 Å². The van der Waals surface area contributed by atoms with Crippen LogP contribution in [0.25, 0.3) is 0 Å². The number of carbonyl (C=O) groups excluding carboxylic acids is 1. The van der Waals surface area contributed by atoms with E-state index in [0.717, 1.165) is 0 Å². The maximum atomic E-state index is 11.2. The minimum Gasteiger partial charge on any atom is -0.445 e. The van der Waals surface area contributed by atoms with Gasteiger partial charge in [0.25, 0.3) is 0 Å². The molecule has 0 radical (unpaired) electrons. The number of carbonyl (C=O) groups is 1. The molecule has 82 valence electrons. The van der Waals surface area contributed by atoms with Gasteiger partial charge in [0.1, 0.15) is 6.10 Å². The predicted molar refractivity (Wildman–Crippen MR) is 61.7 cm³/mol. The Morgan fingerprint density at radius 2 is 2.07 bits per heavy atom. The molecule has 0 spiro atoms. The van der Waals surface area contributed by atoms with Crippen molar-refractivity contribution in [1.29, 1.82) is 0 Å². The van der Waals surface area contributed by atoms with Crippen molar-refractivity contribution in [3.8, 4) is 0 Å². The van der Waals surface area contributed by atoms with Gasteiger partial charge in [-0.2, -0.15) is 0 Å². The molecule has 0 aliphatic heterocycles. The number of rotatable bonds is 3. The molecule has 0 aliphatic carbocycles. The molecular weight excluding hydrogens is 237 g/mol. The van der Waals surface area contributed by atoms with Gasteiger partial charge in [0.15, 0.2) is 0 Å². The van der Waals surface area contributed by atoms with Gasteiger partial charge in [-0.05, 0) is 31.2 Å². The molecule has 0 bridgehead atoms. The highest BCUT2D eigenvalue weighted by Crippen LogP contribution is 2.13. The average molecular weight is 248 g/mol. The van der Waals surface area contributed by atoms with Crippen molar-refractivity contribution in [1.82, 2.24) is 0 Å². The molecule has 1 amide bonds. The molecule has 1 atom stereocenters. The second-order valence-electron chi connectivity index (χ2n) is 3.00. The Hall–Kier alpha value is -0.930. The van der Waals surface area contributed by atoms with E-state index < -0.39 is 6.09 Å². The molecule has 1 aromatic rings. The van der Waals surface area contributed by atoms with E-state index in [1.807, 2.05) is 0 Å². The summed E-state index contributed by atoms with van der Waals surface area (Å²) in [5.74, 6) is 0.272. The third-order valence-corrected chi connectivity index (χ3v) is 2.30. The van der Waals surface area contributed by atoms with E-state index in [4.69, 9.17) is 27.9 Å².